The molecule has 7 heteroatoms. The number of morpholine rings is 1. The van der Waals surface area contributed by atoms with Gasteiger partial charge in [-0.1, -0.05) is 38.1 Å². The molecule has 0 saturated carbocycles. The van der Waals surface area contributed by atoms with Crippen LogP contribution in [0.25, 0.3) is 0 Å². The third-order valence-corrected chi connectivity index (χ3v) is 7.40. The number of benzene rings is 2. The van der Waals surface area contributed by atoms with Crippen molar-refractivity contribution >= 4 is 15.7 Å². The number of nitrogens with zero attached hydrogens (tertiary/aromatic N) is 2. The van der Waals surface area contributed by atoms with Crippen LogP contribution < -0.4 is 10.2 Å². The molecule has 3 rings (SSSR count). The first kappa shape index (κ1) is 21.8. The molecule has 0 aliphatic carbocycles. The van der Waals surface area contributed by atoms with E-state index in [0.717, 1.165) is 45.0 Å². The van der Waals surface area contributed by atoms with E-state index < -0.39 is 10.0 Å². The Morgan fingerprint density at radius 1 is 0.897 bits per heavy atom. The van der Waals surface area contributed by atoms with Crippen molar-refractivity contribution in [1.29, 1.82) is 0 Å². The van der Waals surface area contributed by atoms with Crippen molar-refractivity contribution in [3.8, 4) is 0 Å². The third kappa shape index (κ3) is 5.57. The van der Waals surface area contributed by atoms with Gasteiger partial charge in [0.05, 0.1) is 18.1 Å². The SMILES string of the molecule is CCN(CC)S(=O)(=O)c1ccc(C[NH2+]Cc2ccc(N3CCOCC3)cc2)cc1. The van der Waals surface area contributed by atoms with Crippen molar-refractivity contribution in [1.82, 2.24) is 4.31 Å². The molecular formula is C22H32N3O3S+. The molecule has 1 aliphatic rings. The molecule has 0 aromatic heterocycles. The van der Waals surface area contributed by atoms with Gasteiger partial charge in [-0.15, -0.1) is 0 Å². The second-order valence-corrected chi connectivity index (χ2v) is 9.13. The lowest BCUT2D eigenvalue weighted by atomic mass is 10.1. The van der Waals surface area contributed by atoms with Crippen LogP contribution in [0.2, 0.25) is 0 Å². The first-order valence-electron chi connectivity index (χ1n) is 10.4. The molecule has 0 bridgehead atoms. The average molecular weight is 419 g/mol. The highest BCUT2D eigenvalue weighted by Gasteiger charge is 2.21. The monoisotopic (exact) mass is 418 g/mol. The number of hydrogen-bond donors (Lipinski definition) is 1. The minimum Gasteiger partial charge on any atom is -0.378 e. The van der Waals surface area contributed by atoms with Gasteiger partial charge < -0.3 is 15.0 Å². The molecule has 0 radical (unpaired) electrons. The second-order valence-electron chi connectivity index (χ2n) is 7.20. The minimum atomic E-state index is -3.38. The first-order valence-corrected chi connectivity index (χ1v) is 11.8. The zero-order chi connectivity index (χ0) is 20.7. The topological polar surface area (TPSA) is 66.5 Å². The zero-order valence-corrected chi connectivity index (χ0v) is 18.2. The molecule has 2 N–H and O–H groups in total. The van der Waals surface area contributed by atoms with E-state index in [-0.39, 0.29) is 0 Å². The van der Waals surface area contributed by atoms with Gasteiger partial charge >= 0.3 is 0 Å². The number of sulfonamides is 1. The van der Waals surface area contributed by atoms with E-state index in [0.29, 0.717) is 18.0 Å². The standard InChI is InChI=1S/C22H31N3O3S/c1-3-25(4-2)29(26,27)22-11-7-20(8-12-22)18-23-17-19-5-9-21(10-6-19)24-13-15-28-16-14-24/h5-12,23H,3-4,13-18H2,1-2H3/p+1. The lowest BCUT2D eigenvalue weighted by Crippen LogP contribution is -2.80. The number of nitrogens with two attached hydrogens (primary N) is 1. The summed E-state index contributed by atoms with van der Waals surface area (Å²) in [6.07, 6.45) is 0. The summed E-state index contributed by atoms with van der Waals surface area (Å²) in [4.78, 5) is 2.72. The van der Waals surface area contributed by atoms with Gasteiger partial charge in [0.2, 0.25) is 10.0 Å². The Morgan fingerprint density at radius 3 is 1.93 bits per heavy atom. The average Bonchev–Trinajstić information content (AvgIpc) is 2.76. The van der Waals surface area contributed by atoms with Crippen LogP contribution in [-0.2, 0) is 27.8 Å². The van der Waals surface area contributed by atoms with Crippen LogP contribution in [0.3, 0.4) is 0 Å². The normalized spacial score (nSPS) is 15.1. The number of anilines is 1. The zero-order valence-electron chi connectivity index (χ0n) is 17.4. The van der Waals surface area contributed by atoms with Gasteiger partial charge in [0, 0.05) is 43.0 Å². The molecule has 0 unspecified atom stereocenters. The van der Waals surface area contributed by atoms with Gasteiger partial charge in [0.15, 0.2) is 0 Å². The summed E-state index contributed by atoms with van der Waals surface area (Å²) < 4.78 is 32.0. The van der Waals surface area contributed by atoms with Crippen molar-refractivity contribution in [2.45, 2.75) is 31.8 Å². The van der Waals surface area contributed by atoms with Crippen molar-refractivity contribution < 1.29 is 18.5 Å². The summed E-state index contributed by atoms with van der Waals surface area (Å²) in [6.45, 7) is 9.89. The van der Waals surface area contributed by atoms with E-state index >= 15 is 0 Å². The quantitative estimate of drug-likeness (QED) is 0.675. The molecule has 29 heavy (non-hydrogen) atoms. The maximum Gasteiger partial charge on any atom is 0.243 e. The molecule has 1 heterocycles. The highest BCUT2D eigenvalue weighted by atomic mass is 32.2. The Bertz CT molecular complexity index is 857. The summed E-state index contributed by atoms with van der Waals surface area (Å²) in [6, 6.07) is 16.0. The number of rotatable bonds is 9. The van der Waals surface area contributed by atoms with Crippen LogP contribution in [0, 0.1) is 0 Å². The largest absolute Gasteiger partial charge is 0.378 e. The summed E-state index contributed by atoms with van der Waals surface area (Å²) in [5, 5.41) is 2.23. The Balaban J connectivity index is 1.51. The number of ether oxygens (including phenoxy) is 1. The van der Waals surface area contributed by atoms with E-state index in [9.17, 15) is 8.42 Å². The van der Waals surface area contributed by atoms with E-state index in [1.807, 2.05) is 26.0 Å². The van der Waals surface area contributed by atoms with Crippen LogP contribution >= 0.6 is 0 Å². The number of quaternary nitrogens is 1. The van der Waals surface area contributed by atoms with Crippen LogP contribution in [0.5, 0.6) is 0 Å². The smallest absolute Gasteiger partial charge is 0.243 e. The van der Waals surface area contributed by atoms with Crippen molar-refractivity contribution in [2.75, 3.05) is 44.3 Å². The van der Waals surface area contributed by atoms with Gasteiger partial charge in [-0.05, 0) is 24.3 Å². The van der Waals surface area contributed by atoms with E-state index in [2.05, 4.69) is 34.5 Å². The van der Waals surface area contributed by atoms with E-state index in [1.54, 1.807) is 12.1 Å². The molecule has 6 nitrogen and oxygen atoms in total. The molecule has 0 spiro atoms. The maximum atomic E-state index is 12.6. The van der Waals surface area contributed by atoms with Crippen molar-refractivity contribution in [3.63, 3.8) is 0 Å². The molecule has 0 amide bonds. The maximum absolute atomic E-state index is 12.6. The predicted octanol–water partition coefficient (Wildman–Crippen LogP) is 1.82. The first-order chi connectivity index (χ1) is 14.0. The summed E-state index contributed by atoms with van der Waals surface area (Å²) in [5.74, 6) is 0. The van der Waals surface area contributed by atoms with E-state index in [4.69, 9.17) is 4.74 Å². The fourth-order valence-electron chi connectivity index (χ4n) is 3.58. The fraction of sp³-hybridized carbons (Fsp3) is 0.455. The van der Waals surface area contributed by atoms with Gasteiger partial charge in [-0.25, -0.2) is 8.42 Å². The lowest BCUT2D eigenvalue weighted by molar-refractivity contribution is -0.686. The summed E-state index contributed by atoms with van der Waals surface area (Å²) >= 11 is 0. The molecule has 1 aliphatic heterocycles. The van der Waals surface area contributed by atoms with Gasteiger partial charge in [-0.3, -0.25) is 0 Å². The van der Waals surface area contributed by atoms with Gasteiger partial charge in [0.1, 0.15) is 13.1 Å². The van der Waals surface area contributed by atoms with Crippen molar-refractivity contribution in [2.24, 2.45) is 0 Å². The van der Waals surface area contributed by atoms with Crippen molar-refractivity contribution in [3.05, 3.63) is 59.7 Å². The second kappa shape index (κ2) is 10.2. The Labute approximate surface area is 174 Å². The van der Waals surface area contributed by atoms with Gasteiger partial charge in [-0.2, -0.15) is 4.31 Å². The lowest BCUT2D eigenvalue weighted by Gasteiger charge is -2.28. The van der Waals surface area contributed by atoms with Crippen LogP contribution in [-0.4, -0.2) is 52.1 Å². The van der Waals surface area contributed by atoms with Gasteiger partial charge in [0.25, 0.3) is 0 Å². The predicted molar refractivity (Wildman–Crippen MR) is 115 cm³/mol. The van der Waals surface area contributed by atoms with Crippen LogP contribution in [0.1, 0.15) is 25.0 Å². The highest BCUT2D eigenvalue weighted by molar-refractivity contribution is 7.89. The summed E-state index contributed by atoms with van der Waals surface area (Å²) in [7, 11) is -3.38. The van der Waals surface area contributed by atoms with E-state index in [1.165, 1.54) is 15.6 Å². The molecule has 1 fully saturated rings. The molecule has 2 aromatic carbocycles. The molecule has 1 saturated heterocycles. The molecule has 2 aromatic rings. The Morgan fingerprint density at radius 2 is 1.41 bits per heavy atom. The third-order valence-electron chi connectivity index (χ3n) is 5.34. The summed E-state index contributed by atoms with van der Waals surface area (Å²) in [5.41, 5.74) is 3.65. The minimum absolute atomic E-state index is 0.364. The molecule has 158 valence electrons. The Hall–Kier alpha value is -1.93. The van der Waals surface area contributed by atoms with Crippen LogP contribution in [0.15, 0.2) is 53.4 Å². The van der Waals surface area contributed by atoms with Crippen LogP contribution in [0.4, 0.5) is 5.69 Å². The fourth-order valence-corrected chi connectivity index (χ4v) is 5.04. The molecule has 0 atom stereocenters. The molecular weight excluding hydrogens is 386 g/mol. The number of hydrogen-bond acceptors (Lipinski definition) is 4. The highest BCUT2D eigenvalue weighted by Crippen LogP contribution is 2.17. The Kier molecular flexibility index (Phi) is 7.66.